The minimum absolute atomic E-state index is 0.391. The number of aromatic nitrogens is 3. The van der Waals surface area contributed by atoms with Crippen LogP contribution in [0.15, 0.2) is 48.9 Å². The Morgan fingerprint density at radius 3 is 2.67 bits per heavy atom. The van der Waals surface area contributed by atoms with Gasteiger partial charge in [0.1, 0.15) is 5.69 Å². The summed E-state index contributed by atoms with van der Waals surface area (Å²) in [5.74, 6) is 0. The lowest BCUT2D eigenvalue weighted by Crippen LogP contribution is -2.03. The number of para-hydroxylation sites is 1. The van der Waals surface area contributed by atoms with Gasteiger partial charge in [0.15, 0.2) is 0 Å². The first-order chi connectivity index (χ1) is 8.77. The van der Waals surface area contributed by atoms with Crippen LogP contribution in [0.2, 0.25) is 0 Å². The topological polar surface area (TPSA) is 30.7 Å². The molecule has 90 valence electrons. The number of nitrogens with zero attached hydrogens (tertiary/aromatic N) is 3. The van der Waals surface area contributed by atoms with Gasteiger partial charge >= 0.3 is 0 Å². The highest BCUT2D eigenvalue weighted by molar-refractivity contribution is 5.86. The van der Waals surface area contributed by atoms with E-state index in [4.69, 9.17) is 0 Å². The lowest BCUT2D eigenvalue weighted by Gasteiger charge is -2.13. The van der Waals surface area contributed by atoms with Crippen LogP contribution in [-0.2, 0) is 0 Å². The standard InChI is InChI=1S/C15H15N3/c1-11(2)18-14-6-4-3-5-12(14)9-15(18)13-10-16-7-8-17-13/h3-11H,1-2H3. The summed E-state index contributed by atoms with van der Waals surface area (Å²) in [6, 6.07) is 11.0. The number of hydrogen-bond donors (Lipinski definition) is 0. The zero-order valence-electron chi connectivity index (χ0n) is 10.5. The Balaban J connectivity index is 2.32. The molecule has 3 aromatic rings. The van der Waals surface area contributed by atoms with E-state index in [1.54, 1.807) is 12.4 Å². The van der Waals surface area contributed by atoms with Gasteiger partial charge in [-0.15, -0.1) is 0 Å². The van der Waals surface area contributed by atoms with Gasteiger partial charge in [0.05, 0.1) is 11.9 Å². The van der Waals surface area contributed by atoms with Crippen molar-refractivity contribution in [3.05, 3.63) is 48.9 Å². The molecule has 0 aliphatic carbocycles. The van der Waals surface area contributed by atoms with E-state index in [0.717, 1.165) is 11.4 Å². The van der Waals surface area contributed by atoms with Gasteiger partial charge in [-0.3, -0.25) is 9.97 Å². The molecule has 18 heavy (non-hydrogen) atoms. The number of benzene rings is 1. The summed E-state index contributed by atoms with van der Waals surface area (Å²) in [4.78, 5) is 8.56. The van der Waals surface area contributed by atoms with Gasteiger partial charge in [-0.05, 0) is 26.0 Å². The van der Waals surface area contributed by atoms with Crippen molar-refractivity contribution in [2.24, 2.45) is 0 Å². The minimum Gasteiger partial charge on any atom is -0.337 e. The normalized spacial score (nSPS) is 11.3. The van der Waals surface area contributed by atoms with Gasteiger partial charge in [-0.1, -0.05) is 18.2 Å². The van der Waals surface area contributed by atoms with Crippen LogP contribution in [0.5, 0.6) is 0 Å². The maximum absolute atomic E-state index is 4.40. The van der Waals surface area contributed by atoms with Gasteiger partial charge in [-0.2, -0.15) is 0 Å². The second-order valence-corrected chi connectivity index (χ2v) is 4.64. The second-order valence-electron chi connectivity index (χ2n) is 4.64. The maximum Gasteiger partial charge on any atom is 0.105 e. The van der Waals surface area contributed by atoms with Crippen molar-refractivity contribution in [2.75, 3.05) is 0 Å². The lowest BCUT2D eigenvalue weighted by atomic mass is 10.2. The molecule has 3 rings (SSSR count). The van der Waals surface area contributed by atoms with E-state index >= 15 is 0 Å². The third-order valence-corrected chi connectivity index (χ3v) is 3.09. The smallest absolute Gasteiger partial charge is 0.105 e. The average Bonchev–Trinajstić information content (AvgIpc) is 2.79. The van der Waals surface area contributed by atoms with Crippen molar-refractivity contribution < 1.29 is 0 Å². The van der Waals surface area contributed by atoms with Gasteiger partial charge in [0.25, 0.3) is 0 Å². The van der Waals surface area contributed by atoms with Crippen LogP contribution in [0.4, 0.5) is 0 Å². The first-order valence-corrected chi connectivity index (χ1v) is 6.14. The fourth-order valence-electron chi connectivity index (χ4n) is 2.36. The zero-order chi connectivity index (χ0) is 12.5. The number of hydrogen-bond acceptors (Lipinski definition) is 2. The van der Waals surface area contributed by atoms with Gasteiger partial charge < -0.3 is 4.57 Å². The molecular weight excluding hydrogens is 222 g/mol. The Morgan fingerprint density at radius 1 is 1.11 bits per heavy atom. The minimum atomic E-state index is 0.391. The van der Waals surface area contributed by atoms with Crippen molar-refractivity contribution in [3.63, 3.8) is 0 Å². The van der Waals surface area contributed by atoms with Crippen molar-refractivity contribution in [2.45, 2.75) is 19.9 Å². The van der Waals surface area contributed by atoms with E-state index in [1.165, 1.54) is 10.9 Å². The molecule has 3 heteroatoms. The molecule has 0 radical (unpaired) electrons. The first kappa shape index (κ1) is 11.0. The van der Waals surface area contributed by atoms with Crippen LogP contribution < -0.4 is 0 Å². The van der Waals surface area contributed by atoms with Crippen LogP contribution in [0.1, 0.15) is 19.9 Å². The molecule has 0 unspecified atom stereocenters. The monoisotopic (exact) mass is 237 g/mol. The zero-order valence-corrected chi connectivity index (χ0v) is 10.5. The van der Waals surface area contributed by atoms with E-state index in [1.807, 2.05) is 6.20 Å². The van der Waals surface area contributed by atoms with Gasteiger partial charge in [-0.25, -0.2) is 0 Å². The molecule has 3 nitrogen and oxygen atoms in total. The molecule has 0 amide bonds. The predicted molar refractivity (Wildman–Crippen MR) is 73.3 cm³/mol. The van der Waals surface area contributed by atoms with Crippen LogP contribution in [0.25, 0.3) is 22.3 Å². The molecule has 0 aliphatic rings. The Hall–Kier alpha value is -2.16. The van der Waals surface area contributed by atoms with Crippen LogP contribution in [0, 0.1) is 0 Å². The van der Waals surface area contributed by atoms with Crippen LogP contribution in [0.3, 0.4) is 0 Å². The first-order valence-electron chi connectivity index (χ1n) is 6.14. The molecule has 2 aromatic heterocycles. The number of rotatable bonds is 2. The Kier molecular flexibility index (Phi) is 2.59. The van der Waals surface area contributed by atoms with Crippen molar-refractivity contribution in [1.82, 2.24) is 14.5 Å². The van der Waals surface area contributed by atoms with Gasteiger partial charge in [0, 0.05) is 29.3 Å². The van der Waals surface area contributed by atoms with Gasteiger partial charge in [0.2, 0.25) is 0 Å². The highest BCUT2D eigenvalue weighted by Gasteiger charge is 2.13. The second kappa shape index (κ2) is 4.26. The number of fused-ring (bicyclic) bond motifs is 1. The molecular formula is C15H15N3. The molecule has 2 heterocycles. The SMILES string of the molecule is CC(C)n1c(-c2cnccn2)cc2ccccc21. The maximum atomic E-state index is 4.40. The summed E-state index contributed by atoms with van der Waals surface area (Å²) in [7, 11) is 0. The third-order valence-electron chi connectivity index (χ3n) is 3.09. The fraction of sp³-hybridized carbons (Fsp3) is 0.200. The predicted octanol–water partition coefficient (Wildman–Crippen LogP) is 3.68. The summed E-state index contributed by atoms with van der Waals surface area (Å²) < 4.78 is 2.30. The molecule has 0 bridgehead atoms. The Labute approximate surface area is 106 Å². The van der Waals surface area contributed by atoms with Crippen LogP contribution in [-0.4, -0.2) is 14.5 Å². The molecule has 0 saturated carbocycles. The highest BCUT2D eigenvalue weighted by atomic mass is 15.0. The lowest BCUT2D eigenvalue weighted by molar-refractivity contribution is 0.627. The van der Waals surface area contributed by atoms with Crippen molar-refractivity contribution >= 4 is 10.9 Å². The average molecular weight is 237 g/mol. The molecule has 0 fully saturated rings. The van der Waals surface area contributed by atoms with Crippen LogP contribution >= 0.6 is 0 Å². The Morgan fingerprint density at radius 2 is 1.94 bits per heavy atom. The fourth-order valence-corrected chi connectivity index (χ4v) is 2.36. The summed E-state index contributed by atoms with van der Waals surface area (Å²) in [5.41, 5.74) is 3.29. The largest absolute Gasteiger partial charge is 0.337 e. The van der Waals surface area contributed by atoms with E-state index in [9.17, 15) is 0 Å². The summed E-state index contributed by atoms with van der Waals surface area (Å²) in [5, 5.41) is 1.24. The summed E-state index contributed by atoms with van der Waals surface area (Å²) in [6.07, 6.45) is 5.25. The molecule has 1 aromatic carbocycles. The molecule has 0 atom stereocenters. The third kappa shape index (κ3) is 1.68. The molecule has 0 saturated heterocycles. The summed E-state index contributed by atoms with van der Waals surface area (Å²) in [6.45, 7) is 4.37. The van der Waals surface area contributed by atoms with E-state index in [2.05, 4.69) is 58.7 Å². The highest BCUT2D eigenvalue weighted by Crippen LogP contribution is 2.29. The molecule has 0 aliphatic heterocycles. The van der Waals surface area contributed by atoms with E-state index in [-0.39, 0.29) is 0 Å². The summed E-state index contributed by atoms with van der Waals surface area (Å²) >= 11 is 0. The van der Waals surface area contributed by atoms with E-state index < -0.39 is 0 Å². The Bertz CT molecular complexity index is 669. The quantitative estimate of drug-likeness (QED) is 0.680. The molecule has 0 spiro atoms. The van der Waals surface area contributed by atoms with Crippen molar-refractivity contribution in [1.29, 1.82) is 0 Å². The van der Waals surface area contributed by atoms with Crippen molar-refractivity contribution in [3.8, 4) is 11.4 Å². The van der Waals surface area contributed by atoms with E-state index in [0.29, 0.717) is 6.04 Å². The molecule has 0 N–H and O–H groups in total.